The Hall–Kier alpha value is -2.08. The molecule has 5 nitrogen and oxygen atoms in total. The molecule has 5 heteroatoms. The summed E-state index contributed by atoms with van der Waals surface area (Å²) in [6, 6.07) is 14.9. The van der Waals surface area contributed by atoms with Crippen molar-refractivity contribution in [2.24, 2.45) is 5.73 Å². The summed E-state index contributed by atoms with van der Waals surface area (Å²) in [6.07, 6.45) is 0. The van der Waals surface area contributed by atoms with Gasteiger partial charge in [0.15, 0.2) is 11.5 Å². The van der Waals surface area contributed by atoms with Crippen molar-refractivity contribution in [2.45, 2.75) is 19.6 Å². The number of hydrogen-bond acceptors (Lipinski definition) is 5. The summed E-state index contributed by atoms with van der Waals surface area (Å²) < 4.78 is 10.9. The summed E-state index contributed by atoms with van der Waals surface area (Å²) in [5.74, 6) is 1.73. The molecule has 2 N–H and O–H groups in total. The molecule has 0 unspecified atom stereocenters. The van der Waals surface area contributed by atoms with Crippen LogP contribution >= 0.6 is 0 Å². The molecule has 2 aromatic rings. The minimum Gasteiger partial charge on any atom is -0.454 e. The molecule has 2 aliphatic rings. The number of ether oxygens (including phenoxy) is 2. The molecule has 0 spiro atoms. The predicted molar refractivity (Wildman–Crippen MR) is 97.5 cm³/mol. The van der Waals surface area contributed by atoms with Gasteiger partial charge in [0.05, 0.1) is 0 Å². The van der Waals surface area contributed by atoms with Gasteiger partial charge in [0, 0.05) is 45.8 Å². The zero-order chi connectivity index (χ0) is 17.1. The van der Waals surface area contributed by atoms with Crippen LogP contribution in [-0.4, -0.2) is 42.8 Å². The second-order valence-electron chi connectivity index (χ2n) is 6.76. The van der Waals surface area contributed by atoms with Crippen LogP contribution in [0, 0.1) is 0 Å². The Morgan fingerprint density at radius 2 is 1.40 bits per heavy atom. The van der Waals surface area contributed by atoms with Gasteiger partial charge in [-0.2, -0.15) is 0 Å². The molecule has 0 amide bonds. The molecular formula is C20H25N3O2. The van der Waals surface area contributed by atoms with E-state index in [1.807, 2.05) is 6.07 Å². The van der Waals surface area contributed by atoms with Crippen LogP contribution < -0.4 is 15.2 Å². The number of rotatable bonds is 5. The Kier molecular flexibility index (Phi) is 4.88. The van der Waals surface area contributed by atoms with Crippen molar-refractivity contribution in [1.82, 2.24) is 9.80 Å². The highest BCUT2D eigenvalue weighted by atomic mass is 16.7. The Morgan fingerprint density at radius 1 is 0.760 bits per heavy atom. The summed E-state index contributed by atoms with van der Waals surface area (Å²) in [5.41, 5.74) is 9.59. The third kappa shape index (κ3) is 3.95. The third-order valence-electron chi connectivity index (χ3n) is 4.94. The summed E-state index contributed by atoms with van der Waals surface area (Å²) >= 11 is 0. The standard InChI is InChI=1S/C20H25N3O2/c21-12-16-2-1-3-17(10-16)13-22-6-8-23(9-7-22)14-18-4-5-19-20(11-18)25-15-24-19/h1-5,10-11H,6-9,12-15,21H2. The predicted octanol–water partition coefficient (Wildman–Crippen LogP) is 2.19. The molecule has 0 atom stereocenters. The van der Waals surface area contributed by atoms with Crippen LogP contribution in [0.4, 0.5) is 0 Å². The van der Waals surface area contributed by atoms with Gasteiger partial charge in [0.1, 0.15) is 0 Å². The molecule has 0 radical (unpaired) electrons. The van der Waals surface area contributed by atoms with Gasteiger partial charge in [-0.15, -0.1) is 0 Å². The van der Waals surface area contributed by atoms with E-state index < -0.39 is 0 Å². The second kappa shape index (κ2) is 7.44. The molecule has 0 saturated carbocycles. The van der Waals surface area contributed by atoms with Crippen molar-refractivity contribution in [1.29, 1.82) is 0 Å². The first kappa shape index (κ1) is 16.4. The van der Waals surface area contributed by atoms with Crippen molar-refractivity contribution in [3.63, 3.8) is 0 Å². The van der Waals surface area contributed by atoms with Gasteiger partial charge in [-0.05, 0) is 28.8 Å². The second-order valence-corrected chi connectivity index (χ2v) is 6.76. The smallest absolute Gasteiger partial charge is 0.231 e. The first-order valence-corrected chi connectivity index (χ1v) is 8.91. The van der Waals surface area contributed by atoms with Crippen LogP contribution in [0.1, 0.15) is 16.7 Å². The fourth-order valence-corrected chi connectivity index (χ4v) is 3.52. The molecule has 0 aromatic heterocycles. The average Bonchev–Trinajstić information content (AvgIpc) is 3.11. The lowest BCUT2D eigenvalue weighted by molar-refractivity contribution is 0.122. The van der Waals surface area contributed by atoms with E-state index in [-0.39, 0.29) is 0 Å². The molecule has 1 fully saturated rings. The Bertz CT molecular complexity index is 727. The van der Waals surface area contributed by atoms with Crippen LogP contribution in [0.25, 0.3) is 0 Å². The maximum Gasteiger partial charge on any atom is 0.231 e. The van der Waals surface area contributed by atoms with Crippen molar-refractivity contribution < 1.29 is 9.47 Å². The SMILES string of the molecule is NCc1cccc(CN2CCN(Cc3ccc4c(c3)OCO4)CC2)c1. The molecule has 4 rings (SSSR count). The fourth-order valence-electron chi connectivity index (χ4n) is 3.52. The number of fused-ring (bicyclic) bond motifs is 1. The quantitative estimate of drug-likeness (QED) is 0.905. The fraction of sp³-hybridized carbons (Fsp3) is 0.400. The van der Waals surface area contributed by atoms with Crippen molar-refractivity contribution in [3.8, 4) is 11.5 Å². The lowest BCUT2D eigenvalue weighted by Gasteiger charge is -2.34. The molecule has 2 aromatic carbocycles. The molecule has 1 saturated heterocycles. The Labute approximate surface area is 148 Å². The van der Waals surface area contributed by atoms with E-state index in [1.165, 1.54) is 16.7 Å². The van der Waals surface area contributed by atoms with Gasteiger partial charge in [-0.25, -0.2) is 0 Å². The van der Waals surface area contributed by atoms with Gasteiger partial charge in [-0.1, -0.05) is 30.3 Å². The minimum absolute atomic E-state index is 0.336. The lowest BCUT2D eigenvalue weighted by atomic mass is 10.1. The van der Waals surface area contributed by atoms with Crippen molar-refractivity contribution in [3.05, 3.63) is 59.2 Å². The van der Waals surface area contributed by atoms with E-state index in [9.17, 15) is 0 Å². The third-order valence-corrected chi connectivity index (χ3v) is 4.94. The van der Waals surface area contributed by atoms with Crippen LogP contribution in [0.15, 0.2) is 42.5 Å². The highest BCUT2D eigenvalue weighted by molar-refractivity contribution is 5.44. The molecule has 2 heterocycles. The largest absolute Gasteiger partial charge is 0.454 e. The minimum atomic E-state index is 0.336. The van der Waals surface area contributed by atoms with Gasteiger partial charge in [0.25, 0.3) is 0 Å². The monoisotopic (exact) mass is 339 g/mol. The maximum absolute atomic E-state index is 5.74. The highest BCUT2D eigenvalue weighted by Gasteiger charge is 2.19. The first-order valence-electron chi connectivity index (χ1n) is 8.91. The zero-order valence-corrected chi connectivity index (χ0v) is 14.5. The van der Waals surface area contributed by atoms with Gasteiger partial charge in [-0.3, -0.25) is 9.80 Å². The normalized spacial score (nSPS) is 17.8. The summed E-state index contributed by atoms with van der Waals surface area (Å²) in [6.45, 7) is 7.28. The van der Waals surface area contributed by atoms with E-state index in [0.717, 1.165) is 50.8 Å². The van der Waals surface area contributed by atoms with E-state index >= 15 is 0 Å². The van der Waals surface area contributed by atoms with Crippen molar-refractivity contribution in [2.75, 3.05) is 33.0 Å². The van der Waals surface area contributed by atoms with Gasteiger partial charge < -0.3 is 15.2 Å². The summed E-state index contributed by atoms with van der Waals surface area (Å²) in [5, 5.41) is 0. The van der Waals surface area contributed by atoms with Crippen LogP contribution in [0.5, 0.6) is 11.5 Å². The summed E-state index contributed by atoms with van der Waals surface area (Å²) in [4.78, 5) is 5.02. The van der Waals surface area contributed by atoms with E-state index in [1.54, 1.807) is 0 Å². The Morgan fingerprint density at radius 3 is 2.12 bits per heavy atom. The number of benzene rings is 2. The van der Waals surface area contributed by atoms with Crippen LogP contribution in [0.2, 0.25) is 0 Å². The highest BCUT2D eigenvalue weighted by Crippen LogP contribution is 2.32. The molecule has 132 valence electrons. The number of nitrogens with two attached hydrogens (primary N) is 1. The maximum atomic E-state index is 5.74. The van der Waals surface area contributed by atoms with E-state index in [2.05, 4.69) is 46.2 Å². The molecule has 25 heavy (non-hydrogen) atoms. The van der Waals surface area contributed by atoms with Crippen LogP contribution in [-0.2, 0) is 19.6 Å². The Balaban J connectivity index is 1.29. The molecule has 0 bridgehead atoms. The molecule has 0 aliphatic carbocycles. The number of piperazine rings is 1. The number of hydrogen-bond donors (Lipinski definition) is 1. The number of nitrogens with zero attached hydrogens (tertiary/aromatic N) is 2. The van der Waals surface area contributed by atoms with Gasteiger partial charge >= 0.3 is 0 Å². The van der Waals surface area contributed by atoms with E-state index in [4.69, 9.17) is 15.2 Å². The first-order chi connectivity index (χ1) is 12.3. The lowest BCUT2D eigenvalue weighted by Crippen LogP contribution is -2.45. The molecular weight excluding hydrogens is 314 g/mol. The van der Waals surface area contributed by atoms with E-state index in [0.29, 0.717) is 13.3 Å². The average molecular weight is 339 g/mol. The zero-order valence-electron chi connectivity index (χ0n) is 14.5. The van der Waals surface area contributed by atoms with Crippen LogP contribution in [0.3, 0.4) is 0 Å². The van der Waals surface area contributed by atoms with Crippen molar-refractivity contribution >= 4 is 0 Å². The topological polar surface area (TPSA) is 51.0 Å². The van der Waals surface area contributed by atoms with Gasteiger partial charge in [0.2, 0.25) is 6.79 Å². The molecule has 2 aliphatic heterocycles. The summed E-state index contributed by atoms with van der Waals surface area (Å²) in [7, 11) is 0.